The standard InChI is InChI=1S/C24H26N2O3S/c1-17-12-14-20(15-13-17)19(3)25-24(27)21-9-7-10-22(16-21)30(28,29)26(4)23-11-6-5-8-18(23)2/h5-16,19H,1-4H3,(H,25,27)/t19-/m1/s1. The van der Waals surface area contributed by atoms with Crippen molar-refractivity contribution in [3.63, 3.8) is 0 Å². The lowest BCUT2D eigenvalue weighted by molar-refractivity contribution is 0.0939. The SMILES string of the molecule is Cc1ccc([C@@H](C)NC(=O)c2cccc(S(=O)(=O)N(C)c3ccccc3C)c2)cc1. The maximum Gasteiger partial charge on any atom is 0.264 e. The molecule has 3 aromatic carbocycles. The maximum atomic E-state index is 13.1. The van der Waals surface area contributed by atoms with Gasteiger partial charge >= 0.3 is 0 Å². The Morgan fingerprint density at radius 2 is 1.60 bits per heavy atom. The average Bonchev–Trinajstić information content (AvgIpc) is 2.74. The highest BCUT2D eigenvalue weighted by molar-refractivity contribution is 7.92. The molecule has 0 radical (unpaired) electrons. The van der Waals surface area contributed by atoms with E-state index < -0.39 is 10.0 Å². The quantitative estimate of drug-likeness (QED) is 0.630. The van der Waals surface area contributed by atoms with Gasteiger partial charge in [0.15, 0.2) is 0 Å². The first-order chi connectivity index (χ1) is 14.2. The molecule has 1 amide bonds. The zero-order valence-electron chi connectivity index (χ0n) is 17.6. The summed E-state index contributed by atoms with van der Waals surface area (Å²) >= 11 is 0. The summed E-state index contributed by atoms with van der Waals surface area (Å²) in [6.45, 7) is 5.76. The summed E-state index contributed by atoms with van der Waals surface area (Å²) < 4.78 is 27.5. The molecule has 0 aromatic heterocycles. The predicted molar refractivity (Wildman–Crippen MR) is 120 cm³/mol. The summed E-state index contributed by atoms with van der Waals surface area (Å²) in [6, 6.07) is 21.1. The number of para-hydroxylation sites is 1. The lowest BCUT2D eigenvalue weighted by Gasteiger charge is -2.21. The van der Waals surface area contributed by atoms with Gasteiger partial charge in [-0.3, -0.25) is 9.10 Å². The molecule has 3 rings (SSSR count). The second-order valence-electron chi connectivity index (χ2n) is 7.39. The van der Waals surface area contributed by atoms with Gasteiger partial charge in [0, 0.05) is 12.6 Å². The highest BCUT2D eigenvalue weighted by atomic mass is 32.2. The fourth-order valence-electron chi connectivity index (χ4n) is 3.22. The Morgan fingerprint density at radius 3 is 2.27 bits per heavy atom. The summed E-state index contributed by atoms with van der Waals surface area (Å²) in [7, 11) is -2.28. The van der Waals surface area contributed by atoms with Gasteiger partial charge < -0.3 is 5.32 Å². The third-order valence-corrected chi connectivity index (χ3v) is 6.90. The monoisotopic (exact) mass is 422 g/mol. The van der Waals surface area contributed by atoms with E-state index in [2.05, 4.69) is 5.32 Å². The Morgan fingerprint density at radius 1 is 0.933 bits per heavy atom. The molecule has 1 atom stereocenters. The molecule has 0 spiro atoms. The average molecular weight is 423 g/mol. The number of carbonyl (C=O) groups excluding carboxylic acids is 1. The number of amides is 1. The first-order valence-electron chi connectivity index (χ1n) is 9.72. The Kier molecular flexibility index (Phi) is 6.27. The molecule has 0 aliphatic carbocycles. The molecule has 0 heterocycles. The van der Waals surface area contributed by atoms with Crippen LogP contribution in [0.5, 0.6) is 0 Å². The molecule has 156 valence electrons. The Labute approximate surface area is 178 Å². The number of aryl methyl sites for hydroxylation is 2. The molecule has 0 bridgehead atoms. The number of carbonyl (C=O) groups is 1. The van der Waals surface area contributed by atoms with Gasteiger partial charge in [0.25, 0.3) is 15.9 Å². The predicted octanol–water partition coefficient (Wildman–Crippen LogP) is 4.62. The van der Waals surface area contributed by atoms with E-state index in [0.29, 0.717) is 11.3 Å². The van der Waals surface area contributed by atoms with Crippen LogP contribution in [0.3, 0.4) is 0 Å². The molecule has 1 N–H and O–H groups in total. The Hall–Kier alpha value is -3.12. The first kappa shape index (κ1) is 21.6. The van der Waals surface area contributed by atoms with Crippen LogP contribution in [0.2, 0.25) is 0 Å². The third-order valence-electron chi connectivity index (χ3n) is 5.13. The normalized spacial score (nSPS) is 12.3. The summed E-state index contributed by atoms with van der Waals surface area (Å²) in [5, 5.41) is 2.93. The van der Waals surface area contributed by atoms with Crippen LogP contribution in [0, 0.1) is 13.8 Å². The molecule has 0 fully saturated rings. The molecule has 30 heavy (non-hydrogen) atoms. The van der Waals surface area contributed by atoms with Crippen molar-refractivity contribution in [2.45, 2.75) is 31.7 Å². The second-order valence-corrected chi connectivity index (χ2v) is 9.36. The summed E-state index contributed by atoms with van der Waals surface area (Å²) in [6.07, 6.45) is 0. The number of benzene rings is 3. The highest BCUT2D eigenvalue weighted by Gasteiger charge is 2.23. The molecular formula is C24H26N2O3S. The number of sulfonamides is 1. The summed E-state index contributed by atoms with van der Waals surface area (Å²) in [5.74, 6) is -0.321. The number of hydrogen-bond donors (Lipinski definition) is 1. The molecule has 0 unspecified atom stereocenters. The van der Waals surface area contributed by atoms with Crippen LogP contribution in [0.4, 0.5) is 5.69 Å². The van der Waals surface area contributed by atoms with Crippen LogP contribution >= 0.6 is 0 Å². The molecule has 0 aliphatic heterocycles. The van der Waals surface area contributed by atoms with E-state index in [1.807, 2.05) is 57.2 Å². The molecule has 0 saturated heterocycles. The van der Waals surface area contributed by atoms with Crippen LogP contribution in [0.25, 0.3) is 0 Å². The van der Waals surface area contributed by atoms with Gasteiger partial charge in [-0.25, -0.2) is 8.42 Å². The minimum absolute atomic E-state index is 0.0730. The lowest BCUT2D eigenvalue weighted by Crippen LogP contribution is -2.29. The molecule has 3 aromatic rings. The van der Waals surface area contributed by atoms with Gasteiger partial charge in [-0.15, -0.1) is 0 Å². The number of anilines is 1. The summed E-state index contributed by atoms with van der Waals surface area (Å²) in [4.78, 5) is 12.8. The fraction of sp³-hybridized carbons (Fsp3) is 0.208. The first-order valence-corrected chi connectivity index (χ1v) is 11.2. The van der Waals surface area contributed by atoms with Gasteiger partial charge in [0.05, 0.1) is 16.6 Å². The zero-order chi connectivity index (χ0) is 21.9. The van der Waals surface area contributed by atoms with Crippen molar-refractivity contribution in [2.75, 3.05) is 11.4 Å². The van der Waals surface area contributed by atoms with Crippen molar-refractivity contribution in [1.29, 1.82) is 0 Å². The van der Waals surface area contributed by atoms with Crippen molar-refractivity contribution in [3.05, 3.63) is 95.1 Å². The summed E-state index contributed by atoms with van der Waals surface area (Å²) in [5.41, 5.74) is 3.88. The van der Waals surface area contributed by atoms with Gasteiger partial charge in [-0.05, 0) is 56.2 Å². The van der Waals surface area contributed by atoms with Crippen molar-refractivity contribution < 1.29 is 13.2 Å². The Bertz CT molecular complexity index is 1160. The van der Waals surface area contributed by atoms with E-state index in [-0.39, 0.29) is 16.8 Å². The van der Waals surface area contributed by atoms with E-state index in [1.165, 1.54) is 23.5 Å². The minimum Gasteiger partial charge on any atom is -0.346 e. The van der Waals surface area contributed by atoms with Crippen LogP contribution in [0.1, 0.15) is 40.0 Å². The molecular weight excluding hydrogens is 396 g/mol. The fourth-order valence-corrected chi connectivity index (χ4v) is 4.53. The maximum absolute atomic E-state index is 13.1. The number of nitrogens with one attached hydrogen (secondary N) is 1. The van der Waals surface area contributed by atoms with E-state index >= 15 is 0 Å². The van der Waals surface area contributed by atoms with Gasteiger partial charge in [-0.2, -0.15) is 0 Å². The third kappa shape index (κ3) is 4.54. The highest BCUT2D eigenvalue weighted by Crippen LogP contribution is 2.25. The van der Waals surface area contributed by atoms with E-state index in [9.17, 15) is 13.2 Å². The topological polar surface area (TPSA) is 66.5 Å². The van der Waals surface area contributed by atoms with Crippen LogP contribution in [0.15, 0.2) is 77.7 Å². The number of rotatable bonds is 6. The Balaban J connectivity index is 1.83. The molecule has 0 saturated carbocycles. The largest absolute Gasteiger partial charge is 0.346 e. The van der Waals surface area contributed by atoms with E-state index in [4.69, 9.17) is 0 Å². The zero-order valence-corrected chi connectivity index (χ0v) is 18.4. The van der Waals surface area contributed by atoms with Crippen molar-refractivity contribution in [3.8, 4) is 0 Å². The number of nitrogens with zero attached hydrogens (tertiary/aromatic N) is 1. The second kappa shape index (κ2) is 8.71. The van der Waals surface area contributed by atoms with Crippen LogP contribution in [-0.4, -0.2) is 21.4 Å². The van der Waals surface area contributed by atoms with Crippen LogP contribution in [-0.2, 0) is 10.0 Å². The smallest absolute Gasteiger partial charge is 0.264 e. The van der Waals surface area contributed by atoms with E-state index in [1.54, 1.807) is 24.3 Å². The van der Waals surface area contributed by atoms with Crippen molar-refractivity contribution in [1.82, 2.24) is 5.32 Å². The minimum atomic E-state index is -3.80. The van der Waals surface area contributed by atoms with Gasteiger partial charge in [0.1, 0.15) is 0 Å². The molecule has 0 aliphatic rings. The van der Waals surface area contributed by atoms with Crippen LogP contribution < -0.4 is 9.62 Å². The van der Waals surface area contributed by atoms with Crippen molar-refractivity contribution >= 4 is 21.6 Å². The lowest BCUT2D eigenvalue weighted by atomic mass is 10.1. The van der Waals surface area contributed by atoms with Gasteiger partial charge in [-0.1, -0.05) is 54.1 Å². The van der Waals surface area contributed by atoms with E-state index in [0.717, 1.165) is 16.7 Å². The van der Waals surface area contributed by atoms with Gasteiger partial charge in [0.2, 0.25) is 0 Å². The molecule has 6 heteroatoms. The molecule has 5 nitrogen and oxygen atoms in total. The number of hydrogen-bond acceptors (Lipinski definition) is 3. The van der Waals surface area contributed by atoms with Crippen molar-refractivity contribution in [2.24, 2.45) is 0 Å².